The van der Waals surface area contributed by atoms with Crippen molar-refractivity contribution in [2.75, 3.05) is 6.54 Å². The van der Waals surface area contributed by atoms with E-state index in [-0.39, 0.29) is 0 Å². The van der Waals surface area contributed by atoms with Gasteiger partial charge in [0.2, 0.25) is 0 Å². The molecule has 0 radical (unpaired) electrons. The van der Waals surface area contributed by atoms with Crippen LogP contribution >= 0.6 is 0 Å². The van der Waals surface area contributed by atoms with Gasteiger partial charge in [0.1, 0.15) is 5.76 Å². The van der Waals surface area contributed by atoms with Gasteiger partial charge >= 0.3 is 0 Å². The Morgan fingerprint density at radius 3 is 2.91 bits per heavy atom. The summed E-state index contributed by atoms with van der Waals surface area (Å²) in [7, 11) is 0. The van der Waals surface area contributed by atoms with Gasteiger partial charge in [-0.1, -0.05) is 5.57 Å². The molecule has 1 rings (SSSR count). The average molecular weight is 151 g/mol. The van der Waals surface area contributed by atoms with Gasteiger partial charge in [-0.15, -0.1) is 0 Å². The molecule has 0 bridgehead atoms. The second kappa shape index (κ2) is 3.39. The number of hydrogen-bond donors (Lipinski definition) is 1. The standard InChI is InChI=1S/C9H13NO/c1-7(6-10)5-9-8(2)3-4-11-9/h3-5H,6,10H2,1-2H3/b7-5-. The molecule has 1 aromatic rings. The Morgan fingerprint density at radius 2 is 2.45 bits per heavy atom. The summed E-state index contributed by atoms with van der Waals surface area (Å²) in [6, 6.07) is 1.94. The van der Waals surface area contributed by atoms with E-state index in [0.717, 1.165) is 16.9 Å². The van der Waals surface area contributed by atoms with Crippen molar-refractivity contribution in [2.24, 2.45) is 5.73 Å². The Labute approximate surface area is 66.7 Å². The zero-order valence-electron chi connectivity index (χ0n) is 6.92. The van der Waals surface area contributed by atoms with E-state index in [4.69, 9.17) is 10.2 Å². The highest BCUT2D eigenvalue weighted by molar-refractivity contribution is 5.50. The van der Waals surface area contributed by atoms with E-state index in [0.29, 0.717) is 6.54 Å². The van der Waals surface area contributed by atoms with Crippen molar-refractivity contribution in [3.05, 3.63) is 29.2 Å². The molecule has 11 heavy (non-hydrogen) atoms. The first-order valence-electron chi connectivity index (χ1n) is 3.65. The molecular formula is C9H13NO. The maximum absolute atomic E-state index is 5.43. The van der Waals surface area contributed by atoms with E-state index in [9.17, 15) is 0 Å². The Hall–Kier alpha value is -1.02. The lowest BCUT2D eigenvalue weighted by molar-refractivity contribution is 0.554. The van der Waals surface area contributed by atoms with E-state index in [1.807, 2.05) is 26.0 Å². The van der Waals surface area contributed by atoms with Gasteiger partial charge in [0.25, 0.3) is 0 Å². The second-order valence-electron chi connectivity index (χ2n) is 2.66. The summed E-state index contributed by atoms with van der Waals surface area (Å²) in [5.74, 6) is 0.910. The number of hydrogen-bond acceptors (Lipinski definition) is 2. The number of aryl methyl sites for hydroxylation is 1. The SMILES string of the molecule is C/C(=C/c1occc1C)CN. The van der Waals surface area contributed by atoms with Crippen LogP contribution in [0.2, 0.25) is 0 Å². The molecule has 0 unspecified atom stereocenters. The Kier molecular flexibility index (Phi) is 2.49. The second-order valence-corrected chi connectivity index (χ2v) is 2.66. The minimum atomic E-state index is 0.583. The third-order valence-corrected chi connectivity index (χ3v) is 1.60. The van der Waals surface area contributed by atoms with Gasteiger partial charge in [-0.05, 0) is 31.6 Å². The van der Waals surface area contributed by atoms with Crippen LogP contribution in [0, 0.1) is 6.92 Å². The Bertz CT molecular complexity index is 260. The van der Waals surface area contributed by atoms with Crippen LogP contribution in [0.1, 0.15) is 18.2 Å². The number of nitrogens with two attached hydrogens (primary N) is 1. The molecule has 1 heterocycles. The van der Waals surface area contributed by atoms with Crippen molar-refractivity contribution in [2.45, 2.75) is 13.8 Å². The third kappa shape index (κ3) is 1.95. The molecule has 1 aromatic heterocycles. The molecule has 0 amide bonds. The summed E-state index contributed by atoms with van der Waals surface area (Å²) in [5, 5.41) is 0. The van der Waals surface area contributed by atoms with Crippen molar-refractivity contribution < 1.29 is 4.42 Å². The van der Waals surface area contributed by atoms with Crippen molar-refractivity contribution in [3.8, 4) is 0 Å². The highest BCUT2D eigenvalue weighted by atomic mass is 16.3. The predicted molar refractivity (Wildman–Crippen MR) is 46.2 cm³/mol. The van der Waals surface area contributed by atoms with Crippen LogP contribution in [-0.4, -0.2) is 6.54 Å². The van der Waals surface area contributed by atoms with Crippen molar-refractivity contribution in [1.82, 2.24) is 0 Å². The van der Waals surface area contributed by atoms with Gasteiger partial charge < -0.3 is 10.2 Å². The zero-order valence-corrected chi connectivity index (χ0v) is 6.92. The minimum absolute atomic E-state index is 0.583. The van der Waals surface area contributed by atoms with E-state index in [1.54, 1.807) is 6.26 Å². The van der Waals surface area contributed by atoms with Crippen molar-refractivity contribution >= 4 is 6.08 Å². The normalized spacial score (nSPS) is 12.1. The van der Waals surface area contributed by atoms with Crippen LogP contribution in [0.15, 0.2) is 22.3 Å². The summed E-state index contributed by atoms with van der Waals surface area (Å²) in [5.41, 5.74) is 7.71. The smallest absolute Gasteiger partial charge is 0.129 e. The van der Waals surface area contributed by atoms with Crippen LogP contribution in [-0.2, 0) is 0 Å². The highest BCUT2D eigenvalue weighted by Gasteiger charge is 1.96. The van der Waals surface area contributed by atoms with E-state index in [2.05, 4.69) is 0 Å². The monoisotopic (exact) mass is 151 g/mol. The first-order chi connectivity index (χ1) is 5.24. The molecule has 0 spiro atoms. The molecule has 2 N–H and O–H groups in total. The van der Waals surface area contributed by atoms with Crippen LogP contribution < -0.4 is 5.73 Å². The third-order valence-electron chi connectivity index (χ3n) is 1.60. The summed E-state index contributed by atoms with van der Waals surface area (Å²) >= 11 is 0. The molecule has 0 aromatic carbocycles. The molecule has 0 aliphatic carbocycles. The van der Waals surface area contributed by atoms with Gasteiger partial charge in [0.05, 0.1) is 6.26 Å². The lowest BCUT2D eigenvalue weighted by Crippen LogP contribution is -1.99. The van der Waals surface area contributed by atoms with E-state index >= 15 is 0 Å². The molecule has 60 valence electrons. The maximum atomic E-state index is 5.43. The minimum Gasteiger partial charge on any atom is -0.465 e. The van der Waals surface area contributed by atoms with E-state index < -0.39 is 0 Å². The first-order valence-corrected chi connectivity index (χ1v) is 3.65. The van der Waals surface area contributed by atoms with Gasteiger partial charge in [-0.25, -0.2) is 0 Å². The highest BCUT2D eigenvalue weighted by Crippen LogP contribution is 2.12. The molecule has 0 atom stereocenters. The molecule has 2 nitrogen and oxygen atoms in total. The predicted octanol–water partition coefficient (Wildman–Crippen LogP) is 1.95. The summed E-state index contributed by atoms with van der Waals surface area (Å²) in [6.45, 7) is 4.58. The molecule has 0 aliphatic heterocycles. The van der Waals surface area contributed by atoms with Gasteiger partial charge in [-0.3, -0.25) is 0 Å². The van der Waals surface area contributed by atoms with Gasteiger partial charge in [-0.2, -0.15) is 0 Å². The van der Waals surface area contributed by atoms with Crippen molar-refractivity contribution in [3.63, 3.8) is 0 Å². The maximum Gasteiger partial charge on any atom is 0.129 e. The van der Waals surface area contributed by atoms with Crippen LogP contribution in [0.25, 0.3) is 6.08 Å². The molecule has 0 aliphatic rings. The lowest BCUT2D eigenvalue weighted by atomic mass is 10.2. The molecular weight excluding hydrogens is 138 g/mol. The number of rotatable bonds is 2. The Morgan fingerprint density at radius 1 is 1.73 bits per heavy atom. The fourth-order valence-corrected chi connectivity index (χ4v) is 0.815. The van der Waals surface area contributed by atoms with Crippen LogP contribution in [0.3, 0.4) is 0 Å². The van der Waals surface area contributed by atoms with Gasteiger partial charge in [0, 0.05) is 6.54 Å². The molecule has 0 fully saturated rings. The summed E-state index contributed by atoms with van der Waals surface area (Å²) in [6.07, 6.45) is 3.65. The quantitative estimate of drug-likeness (QED) is 0.701. The lowest BCUT2D eigenvalue weighted by Gasteiger charge is -1.93. The van der Waals surface area contributed by atoms with Crippen LogP contribution in [0.4, 0.5) is 0 Å². The molecule has 0 saturated carbocycles. The number of furan rings is 1. The average Bonchev–Trinajstić information content (AvgIpc) is 2.37. The summed E-state index contributed by atoms with van der Waals surface area (Å²) in [4.78, 5) is 0. The fourth-order valence-electron chi connectivity index (χ4n) is 0.815. The fraction of sp³-hybridized carbons (Fsp3) is 0.333. The van der Waals surface area contributed by atoms with E-state index in [1.165, 1.54) is 0 Å². The first kappa shape index (κ1) is 8.08. The Balaban J connectivity index is 2.86. The van der Waals surface area contributed by atoms with Crippen LogP contribution in [0.5, 0.6) is 0 Å². The topological polar surface area (TPSA) is 39.2 Å². The summed E-state index contributed by atoms with van der Waals surface area (Å²) < 4.78 is 5.20. The van der Waals surface area contributed by atoms with Gasteiger partial charge in [0.15, 0.2) is 0 Å². The molecule has 2 heteroatoms. The zero-order chi connectivity index (χ0) is 8.27. The molecule has 0 saturated heterocycles. The van der Waals surface area contributed by atoms with Crippen molar-refractivity contribution in [1.29, 1.82) is 0 Å². The largest absolute Gasteiger partial charge is 0.465 e.